The first kappa shape index (κ1) is 14.3. The lowest BCUT2D eigenvalue weighted by molar-refractivity contribution is 0.353. The second kappa shape index (κ2) is 7.45. The van der Waals surface area contributed by atoms with Gasteiger partial charge in [0.2, 0.25) is 5.95 Å². The molecule has 1 aromatic heterocycles. The van der Waals surface area contributed by atoms with Crippen molar-refractivity contribution in [3.8, 4) is 5.75 Å². The molecular formula is C15H20N4O. The number of rotatable bonds is 6. The van der Waals surface area contributed by atoms with E-state index in [-0.39, 0.29) is 0 Å². The fraction of sp³-hybridized carbons (Fsp3) is 0.333. The van der Waals surface area contributed by atoms with E-state index in [1.165, 1.54) is 0 Å². The number of hydrogen-bond donors (Lipinski definition) is 1. The summed E-state index contributed by atoms with van der Waals surface area (Å²) in [5.41, 5.74) is 0.871. The van der Waals surface area contributed by atoms with Crippen LogP contribution in [0.15, 0.2) is 49.4 Å². The monoisotopic (exact) mass is 272 g/mol. The van der Waals surface area contributed by atoms with E-state index in [4.69, 9.17) is 4.74 Å². The summed E-state index contributed by atoms with van der Waals surface area (Å²) in [6, 6.07) is 0. The summed E-state index contributed by atoms with van der Waals surface area (Å²) in [4.78, 5) is 10.8. The zero-order chi connectivity index (χ0) is 14.2. The molecule has 2 heterocycles. The van der Waals surface area contributed by atoms with Gasteiger partial charge < -0.3 is 15.0 Å². The Morgan fingerprint density at radius 1 is 1.35 bits per heavy atom. The minimum Gasteiger partial charge on any atom is -0.486 e. The third kappa shape index (κ3) is 4.20. The van der Waals surface area contributed by atoms with Gasteiger partial charge in [0.15, 0.2) is 5.75 Å². The molecule has 20 heavy (non-hydrogen) atoms. The maximum Gasteiger partial charge on any atom is 0.225 e. The quantitative estimate of drug-likeness (QED) is 0.797. The first-order chi connectivity index (χ1) is 9.79. The molecule has 0 aromatic carbocycles. The van der Waals surface area contributed by atoms with Crippen LogP contribution < -0.4 is 15.0 Å². The van der Waals surface area contributed by atoms with Crippen molar-refractivity contribution in [2.75, 3.05) is 37.7 Å². The van der Waals surface area contributed by atoms with Gasteiger partial charge in [0.25, 0.3) is 0 Å². The maximum atomic E-state index is 5.57. The van der Waals surface area contributed by atoms with Crippen molar-refractivity contribution < 1.29 is 4.74 Å². The number of ether oxygens (including phenoxy) is 1. The van der Waals surface area contributed by atoms with E-state index in [0.29, 0.717) is 12.4 Å². The fourth-order valence-corrected chi connectivity index (χ4v) is 1.84. The number of allylic oxidation sites excluding steroid dienone is 2. The Kier molecular flexibility index (Phi) is 5.32. The highest BCUT2D eigenvalue weighted by Crippen LogP contribution is 2.13. The molecule has 0 aliphatic carbocycles. The van der Waals surface area contributed by atoms with Crippen molar-refractivity contribution in [2.45, 2.75) is 0 Å². The van der Waals surface area contributed by atoms with Gasteiger partial charge in [-0.1, -0.05) is 31.4 Å². The van der Waals surface area contributed by atoms with E-state index < -0.39 is 0 Å². The predicted molar refractivity (Wildman–Crippen MR) is 81.1 cm³/mol. The highest BCUT2D eigenvalue weighted by molar-refractivity contribution is 5.32. The zero-order valence-electron chi connectivity index (χ0n) is 11.6. The van der Waals surface area contributed by atoms with E-state index in [0.717, 1.165) is 37.7 Å². The Morgan fingerprint density at radius 2 is 2.05 bits per heavy atom. The van der Waals surface area contributed by atoms with Gasteiger partial charge in [-0.2, -0.15) is 0 Å². The molecular weight excluding hydrogens is 252 g/mol. The lowest BCUT2D eigenvalue weighted by Gasteiger charge is -2.27. The van der Waals surface area contributed by atoms with Crippen molar-refractivity contribution in [2.24, 2.45) is 0 Å². The second-order valence-corrected chi connectivity index (χ2v) is 4.50. The molecule has 1 aliphatic rings. The molecule has 1 saturated heterocycles. The van der Waals surface area contributed by atoms with Gasteiger partial charge in [0.1, 0.15) is 6.61 Å². The number of nitrogens with one attached hydrogen (secondary N) is 1. The Bertz CT molecular complexity index is 475. The number of aromatic nitrogens is 2. The van der Waals surface area contributed by atoms with Gasteiger partial charge in [-0.3, -0.25) is 0 Å². The Morgan fingerprint density at radius 3 is 2.70 bits per heavy atom. The van der Waals surface area contributed by atoms with Crippen LogP contribution in [0.2, 0.25) is 0 Å². The highest BCUT2D eigenvalue weighted by atomic mass is 16.5. The van der Waals surface area contributed by atoms with Crippen LogP contribution in [0.1, 0.15) is 0 Å². The molecule has 5 heteroatoms. The lowest BCUT2D eigenvalue weighted by Crippen LogP contribution is -2.44. The summed E-state index contributed by atoms with van der Waals surface area (Å²) in [5, 5.41) is 3.30. The van der Waals surface area contributed by atoms with Crippen LogP contribution >= 0.6 is 0 Å². The molecule has 2 rings (SSSR count). The maximum absolute atomic E-state index is 5.57. The second-order valence-electron chi connectivity index (χ2n) is 4.50. The molecule has 0 unspecified atom stereocenters. The average molecular weight is 272 g/mol. The van der Waals surface area contributed by atoms with Gasteiger partial charge in [-0.25, -0.2) is 9.97 Å². The molecule has 1 N–H and O–H groups in total. The van der Waals surface area contributed by atoms with Gasteiger partial charge in [-0.05, 0) is 5.57 Å². The van der Waals surface area contributed by atoms with Gasteiger partial charge in [-0.15, -0.1) is 0 Å². The molecule has 5 nitrogen and oxygen atoms in total. The molecule has 0 atom stereocenters. The summed E-state index contributed by atoms with van der Waals surface area (Å²) < 4.78 is 5.57. The van der Waals surface area contributed by atoms with Crippen LogP contribution in [0.4, 0.5) is 5.95 Å². The van der Waals surface area contributed by atoms with Crippen LogP contribution in [0.5, 0.6) is 5.75 Å². The molecule has 0 saturated carbocycles. The van der Waals surface area contributed by atoms with Gasteiger partial charge >= 0.3 is 0 Å². The Labute approximate surface area is 119 Å². The summed E-state index contributed by atoms with van der Waals surface area (Å²) in [6.45, 7) is 11.7. The molecule has 0 bridgehead atoms. The van der Waals surface area contributed by atoms with Gasteiger partial charge in [0, 0.05) is 26.2 Å². The van der Waals surface area contributed by atoms with Crippen LogP contribution in [-0.2, 0) is 0 Å². The van der Waals surface area contributed by atoms with Crippen molar-refractivity contribution in [3.63, 3.8) is 0 Å². The van der Waals surface area contributed by atoms with Crippen LogP contribution in [0.3, 0.4) is 0 Å². The van der Waals surface area contributed by atoms with E-state index in [1.807, 2.05) is 12.2 Å². The first-order valence-electron chi connectivity index (χ1n) is 6.67. The minimum atomic E-state index is 0.417. The standard InChI is InChI=1S/C15H20N4O/c1-3-4-5-13(2)12-20-14-10-17-15(18-11-14)19-8-6-16-7-9-19/h3-5,10-11,16H,1-2,6-9,12H2/b5-4-. The van der Waals surface area contributed by atoms with Crippen LogP contribution in [0.25, 0.3) is 0 Å². The van der Waals surface area contributed by atoms with Crippen molar-refractivity contribution in [1.29, 1.82) is 0 Å². The molecule has 0 amide bonds. The summed E-state index contributed by atoms with van der Waals surface area (Å²) in [5.74, 6) is 1.40. The van der Waals surface area contributed by atoms with Gasteiger partial charge in [0.05, 0.1) is 12.4 Å². The molecule has 106 valence electrons. The molecule has 1 fully saturated rings. The summed E-state index contributed by atoms with van der Waals surface area (Å²) in [7, 11) is 0. The first-order valence-corrected chi connectivity index (χ1v) is 6.67. The Hall–Kier alpha value is -2.14. The number of anilines is 1. The SMILES string of the molecule is C=C/C=C\C(=C)COc1cnc(N2CCNCC2)nc1. The lowest BCUT2D eigenvalue weighted by atomic mass is 10.3. The number of nitrogens with zero attached hydrogens (tertiary/aromatic N) is 3. The van der Waals surface area contributed by atoms with E-state index in [2.05, 4.69) is 33.3 Å². The molecule has 0 spiro atoms. The van der Waals surface area contributed by atoms with Crippen molar-refractivity contribution >= 4 is 5.95 Å². The van der Waals surface area contributed by atoms with E-state index in [9.17, 15) is 0 Å². The molecule has 1 aliphatic heterocycles. The molecule has 1 aromatic rings. The largest absolute Gasteiger partial charge is 0.486 e. The third-order valence-corrected chi connectivity index (χ3v) is 2.91. The zero-order valence-corrected chi connectivity index (χ0v) is 11.6. The predicted octanol–water partition coefficient (Wildman–Crippen LogP) is 1.56. The summed E-state index contributed by atoms with van der Waals surface area (Å²) >= 11 is 0. The van der Waals surface area contributed by atoms with E-state index in [1.54, 1.807) is 18.5 Å². The van der Waals surface area contributed by atoms with Crippen molar-refractivity contribution in [1.82, 2.24) is 15.3 Å². The normalized spacial score (nSPS) is 15.3. The molecule has 0 radical (unpaired) electrons. The average Bonchev–Trinajstić information content (AvgIpc) is 2.52. The number of piperazine rings is 1. The minimum absolute atomic E-state index is 0.417. The summed E-state index contributed by atoms with van der Waals surface area (Å²) in [6.07, 6.45) is 8.80. The Balaban J connectivity index is 1.86. The van der Waals surface area contributed by atoms with Crippen LogP contribution in [0, 0.1) is 0 Å². The number of hydrogen-bond acceptors (Lipinski definition) is 5. The third-order valence-electron chi connectivity index (χ3n) is 2.91. The highest BCUT2D eigenvalue weighted by Gasteiger charge is 2.12. The van der Waals surface area contributed by atoms with Crippen LogP contribution in [-0.4, -0.2) is 42.8 Å². The fourth-order valence-electron chi connectivity index (χ4n) is 1.84. The van der Waals surface area contributed by atoms with Crippen molar-refractivity contribution in [3.05, 3.63) is 49.4 Å². The topological polar surface area (TPSA) is 50.3 Å². The smallest absolute Gasteiger partial charge is 0.225 e. The van der Waals surface area contributed by atoms with E-state index >= 15 is 0 Å².